The van der Waals surface area contributed by atoms with Crippen molar-refractivity contribution in [3.63, 3.8) is 0 Å². The number of unbranched alkanes of at least 4 members (excludes halogenated alkanes) is 17. The molecule has 0 spiro atoms. The minimum Gasteiger partial charge on any atom is -0.477 e. The first-order chi connectivity index (χ1) is 20.6. The number of ether oxygens (including phenoxy) is 3. The third-order valence-corrected chi connectivity index (χ3v) is 8.01. The highest BCUT2D eigenvalue weighted by atomic mass is 16.6. The number of carbonyl (C=O) groups is 3. The largest absolute Gasteiger partial charge is 0.477 e. The third kappa shape index (κ3) is 26.5. The Morgan fingerprint density at radius 3 is 1.44 bits per heavy atom. The lowest BCUT2D eigenvalue weighted by atomic mass is 10.1. The van der Waals surface area contributed by atoms with Crippen LogP contribution in [0.3, 0.4) is 0 Å². The first-order valence-corrected chi connectivity index (χ1v) is 17.6. The molecular weight excluding hydrogens is 546 g/mol. The van der Waals surface area contributed by atoms with Gasteiger partial charge in [-0.2, -0.15) is 0 Å². The Morgan fingerprint density at radius 2 is 1.02 bits per heavy atom. The fourth-order valence-electron chi connectivity index (χ4n) is 5.21. The maximum atomic E-state index is 12.6. The standard InChI is InChI=1S/C35H67NO7/c1-6-8-10-12-14-16-17-18-20-22-24-26-34(38)43-31(29-41-28-27-32(35(39)40)36(3,4)5)30-42-33(37)25-23-21-19-15-13-11-9-7-2/h31-32H,6-30H2,1-5H3/p+1. The van der Waals surface area contributed by atoms with Gasteiger partial charge in [0.2, 0.25) is 0 Å². The van der Waals surface area contributed by atoms with Gasteiger partial charge < -0.3 is 23.8 Å². The molecule has 0 saturated carbocycles. The molecular formula is C35H68NO7+. The maximum Gasteiger partial charge on any atom is 0.362 e. The summed E-state index contributed by atoms with van der Waals surface area (Å²) in [6, 6.07) is -0.605. The van der Waals surface area contributed by atoms with Gasteiger partial charge >= 0.3 is 17.9 Å². The molecule has 0 aliphatic heterocycles. The van der Waals surface area contributed by atoms with E-state index in [1.54, 1.807) is 0 Å². The van der Waals surface area contributed by atoms with Gasteiger partial charge in [0.05, 0.1) is 34.4 Å². The van der Waals surface area contributed by atoms with Crippen LogP contribution in [0.4, 0.5) is 0 Å². The molecule has 254 valence electrons. The molecule has 8 nitrogen and oxygen atoms in total. The highest BCUT2D eigenvalue weighted by Gasteiger charge is 2.31. The molecule has 0 fully saturated rings. The number of nitrogens with zero attached hydrogens (tertiary/aromatic N) is 1. The summed E-state index contributed by atoms with van der Waals surface area (Å²) in [5.74, 6) is -1.47. The van der Waals surface area contributed by atoms with E-state index in [1.807, 2.05) is 21.1 Å². The summed E-state index contributed by atoms with van der Waals surface area (Å²) < 4.78 is 17.1. The first-order valence-electron chi connectivity index (χ1n) is 17.6. The van der Waals surface area contributed by atoms with E-state index in [2.05, 4.69) is 13.8 Å². The lowest BCUT2D eigenvalue weighted by molar-refractivity contribution is -0.887. The van der Waals surface area contributed by atoms with E-state index in [1.165, 1.54) is 83.5 Å². The van der Waals surface area contributed by atoms with Crippen LogP contribution in [-0.4, -0.2) is 80.6 Å². The average Bonchev–Trinajstić information content (AvgIpc) is 2.94. The number of carboxylic acids is 1. The average molecular weight is 615 g/mol. The molecule has 0 rings (SSSR count). The van der Waals surface area contributed by atoms with Crippen molar-refractivity contribution >= 4 is 17.9 Å². The van der Waals surface area contributed by atoms with Gasteiger partial charge in [-0.3, -0.25) is 9.59 Å². The van der Waals surface area contributed by atoms with E-state index >= 15 is 0 Å². The molecule has 0 bridgehead atoms. The summed E-state index contributed by atoms with van der Waals surface area (Å²) in [6.07, 6.45) is 22.9. The topological polar surface area (TPSA) is 99.1 Å². The van der Waals surface area contributed by atoms with Gasteiger partial charge in [-0.05, 0) is 12.8 Å². The maximum absolute atomic E-state index is 12.6. The van der Waals surface area contributed by atoms with Gasteiger partial charge in [-0.25, -0.2) is 4.79 Å². The second-order valence-corrected chi connectivity index (χ2v) is 13.1. The molecule has 0 amide bonds. The zero-order valence-electron chi connectivity index (χ0n) is 28.7. The minimum atomic E-state index is -0.874. The Labute approximate surface area is 264 Å². The van der Waals surface area contributed by atoms with Crippen molar-refractivity contribution in [1.82, 2.24) is 0 Å². The highest BCUT2D eigenvalue weighted by molar-refractivity contribution is 5.72. The predicted octanol–water partition coefficient (Wildman–Crippen LogP) is 8.24. The van der Waals surface area contributed by atoms with Crippen molar-refractivity contribution in [3.8, 4) is 0 Å². The lowest BCUT2D eigenvalue weighted by Crippen LogP contribution is -2.50. The van der Waals surface area contributed by atoms with E-state index in [0.717, 1.165) is 38.5 Å². The first kappa shape index (κ1) is 41.3. The zero-order chi connectivity index (χ0) is 32.2. The lowest BCUT2D eigenvalue weighted by Gasteiger charge is -2.31. The van der Waals surface area contributed by atoms with E-state index in [0.29, 0.717) is 19.3 Å². The molecule has 1 N–H and O–H groups in total. The van der Waals surface area contributed by atoms with Crippen LogP contribution < -0.4 is 0 Å². The van der Waals surface area contributed by atoms with E-state index in [9.17, 15) is 19.5 Å². The molecule has 0 saturated heterocycles. The van der Waals surface area contributed by atoms with Crippen LogP contribution in [-0.2, 0) is 28.6 Å². The van der Waals surface area contributed by atoms with Crippen molar-refractivity contribution in [1.29, 1.82) is 0 Å². The number of hydrogen-bond donors (Lipinski definition) is 1. The Hall–Kier alpha value is -1.67. The summed E-state index contributed by atoms with van der Waals surface area (Å²) in [7, 11) is 5.51. The SMILES string of the molecule is CCCCCCCCCCCCCC(=O)OC(COCCC(C(=O)O)[N+](C)(C)C)COC(=O)CCCCCCCCCC. The molecule has 0 aromatic heterocycles. The molecule has 0 aromatic carbocycles. The molecule has 0 aromatic rings. The smallest absolute Gasteiger partial charge is 0.362 e. The van der Waals surface area contributed by atoms with Gasteiger partial charge in [0.15, 0.2) is 12.1 Å². The van der Waals surface area contributed by atoms with Crippen LogP contribution in [0, 0.1) is 0 Å². The molecule has 2 unspecified atom stereocenters. The highest BCUT2D eigenvalue weighted by Crippen LogP contribution is 2.14. The Balaban J connectivity index is 4.45. The number of hydrogen-bond acceptors (Lipinski definition) is 6. The monoisotopic (exact) mass is 614 g/mol. The number of carbonyl (C=O) groups excluding carboxylic acids is 2. The van der Waals surface area contributed by atoms with Crippen molar-refractivity contribution in [2.75, 3.05) is 41.0 Å². The van der Waals surface area contributed by atoms with Crippen LogP contribution in [0.1, 0.15) is 155 Å². The Kier molecular flexibility index (Phi) is 26.8. The normalized spacial score (nSPS) is 13.0. The van der Waals surface area contributed by atoms with E-state index < -0.39 is 18.1 Å². The third-order valence-electron chi connectivity index (χ3n) is 8.01. The van der Waals surface area contributed by atoms with Crippen molar-refractivity contribution < 1.29 is 38.2 Å². The van der Waals surface area contributed by atoms with Crippen LogP contribution in [0.15, 0.2) is 0 Å². The van der Waals surface area contributed by atoms with E-state index in [4.69, 9.17) is 14.2 Å². The quantitative estimate of drug-likeness (QED) is 0.0477. The van der Waals surface area contributed by atoms with Gasteiger partial charge in [-0.15, -0.1) is 0 Å². The summed E-state index contributed by atoms with van der Waals surface area (Å²) in [4.78, 5) is 36.5. The molecule has 0 aliphatic carbocycles. The molecule has 2 atom stereocenters. The number of aliphatic carboxylic acids is 1. The van der Waals surface area contributed by atoms with Gasteiger partial charge in [0, 0.05) is 19.3 Å². The summed E-state index contributed by atoms with van der Waals surface area (Å²) >= 11 is 0. The molecule has 0 heterocycles. The zero-order valence-corrected chi connectivity index (χ0v) is 28.7. The fraction of sp³-hybridized carbons (Fsp3) is 0.914. The number of carboxylic acid groups (broad SMARTS) is 1. The van der Waals surface area contributed by atoms with Crippen molar-refractivity contribution in [2.24, 2.45) is 0 Å². The van der Waals surface area contributed by atoms with Crippen LogP contribution >= 0.6 is 0 Å². The van der Waals surface area contributed by atoms with Crippen LogP contribution in [0.5, 0.6) is 0 Å². The molecule has 0 aliphatic rings. The second kappa shape index (κ2) is 27.8. The summed E-state index contributed by atoms with van der Waals surface area (Å²) in [5.41, 5.74) is 0. The summed E-state index contributed by atoms with van der Waals surface area (Å²) in [5, 5.41) is 9.54. The molecule has 0 radical (unpaired) electrons. The van der Waals surface area contributed by atoms with Gasteiger partial charge in [-0.1, -0.05) is 123 Å². The summed E-state index contributed by atoms with van der Waals surface area (Å²) in [6.45, 7) is 4.69. The second-order valence-electron chi connectivity index (χ2n) is 13.1. The number of rotatable bonds is 31. The Morgan fingerprint density at radius 1 is 0.605 bits per heavy atom. The fourth-order valence-corrected chi connectivity index (χ4v) is 5.21. The number of likely N-dealkylation sites (N-methyl/N-ethyl adjacent to an activating group) is 1. The van der Waals surface area contributed by atoms with Gasteiger partial charge in [0.1, 0.15) is 6.61 Å². The molecule has 8 heteroatoms. The number of quaternary nitrogens is 1. The minimum absolute atomic E-state index is 0.0441. The van der Waals surface area contributed by atoms with Crippen molar-refractivity contribution in [2.45, 2.75) is 167 Å². The number of esters is 2. The molecule has 43 heavy (non-hydrogen) atoms. The van der Waals surface area contributed by atoms with Gasteiger partial charge in [0.25, 0.3) is 0 Å². The van der Waals surface area contributed by atoms with Crippen LogP contribution in [0.2, 0.25) is 0 Å². The van der Waals surface area contributed by atoms with Crippen molar-refractivity contribution in [3.05, 3.63) is 0 Å². The van der Waals surface area contributed by atoms with E-state index in [-0.39, 0.29) is 36.2 Å². The Bertz CT molecular complexity index is 692. The van der Waals surface area contributed by atoms with Crippen LogP contribution in [0.25, 0.3) is 0 Å². The predicted molar refractivity (Wildman–Crippen MR) is 174 cm³/mol.